The zero-order valence-electron chi connectivity index (χ0n) is 8.71. The maximum absolute atomic E-state index is 10.5. The Labute approximate surface area is 79.8 Å². The molecular weight excluding hydrogens is 170 g/mol. The summed E-state index contributed by atoms with van der Waals surface area (Å²) in [6.45, 7) is 4.66. The maximum Gasteiger partial charge on any atom is 0.507 e. The minimum Gasteiger partial charge on any atom is -0.438 e. The zero-order chi connectivity index (χ0) is 10.1. The Morgan fingerprint density at radius 1 is 1.38 bits per heavy atom. The molecule has 0 unspecified atom stereocenters. The topological polar surface area (TPSA) is 38.8 Å². The maximum atomic E-state index is 10.5. The highest BCUT2D eigenvalue weighted by Gasteiger charge is 1.99. The number of unbranched alkanes of at least 4 members (excludes halogenated alkanes) is 1. The van der Waals surface area contributed by atoms with Crippen molar-refractivity contribution in [2.45, 2.75) is 19.8 Å². The molecule has 78 valence electrons. The molecule has 4 nitrogen and oxygen atoms in total. The van der Waals surface area contributed by atoms with E-state index in [1.807, 2.05) is 0 Å². The van der Waals surface area contributed by atoms with Crippen LogP contribution in [0.5, 0.6) is 0 Å². The van der Waals surface area contributed by atoms with Gasteiger partial charge in [0, 0.05) is 0 Å². The van der Waals surface area contributed by atoms with Crippen LogP contribution in [0.1, 0.15) is 19.8 Å². The van der Waals surface area contributed by atoms with Crippen LogP contribution in [-0.4, -0.2) is 44.9 Å². The molecule has 0 aliphatic carbocycles. The molecule has 0 saturated heterocycles. The Morgan fingerprint density at radius 2 is 2.08 bits per heavy atom. The Kier molecular flexibility index (Phi) is 7.39. The van der Waals surface area contributed by atoms with Crippen molar-refractivity contribution >= 4 is 6.16 Å². The van der Waals surface area contributed by atoms with E-state index in [0.717, 1.165) is 25.9 Å². The number of carbonyl (C=O) groups is 1. The van der Waals surface area contributed by atoms with Gasteiger partial charge in [0.05, 0.1) is 13.7 Å². The van der Waals surface area contributed by atoms with Crippen molar-refractivity contribution in [3.05, 3.63) is 0 Å². The second-order valence-corrected chi connectivity index (χ2v) is 2.91. The van der Waals surface area contributed by atoms with Gasteiger partial charge in [-0.2, -0.15) is 0 Å². The standard InChI is InChI=1S/C9H19NO3/c1-4-10(2)7-5-6-8-13-9(11)12-3/h4-8H2,1-3H3. The summed E-state index contributed by atoms with van der Waals surface area (Å²) in [5.74, 6) is 0. The van der Waals surface area contributed by atoms with Crippen molar-refractivity contribution in [2.24, 2.45) is 0 Å². The van der Waals surface area contributed by atoms with Crippen molar-refractivity contribution < 1.29 is 14.3 Å². The summed E-state index contributed by atoms with van der Waals surface area (Å²) in [4.78, 5) is 12.7. The lowest BCUT2D eigenvalue weighted by molar-refractivity contribution is 0.0709. The molecule has 0 radical (unpaired) electrons. The van der Waals surface area contributed by atoms with E-state index >= 15 is 0 Å². The molecule has 0 atom stereocenters. The second kappa shape index (κ2) is 7.86. The Morgan fingerprint density at radius 3 is 2.62 bits per heavy atom. The molecule has 0 amide bonds. The van der Waals surface area contributed by atoms with Crippen LogP contribution in [0.25, 0.3) is 0 Å². The highest BCUT2D eigenvalue weighted by atomic mass is 16.7. The van der Waals surface area contributed by atoms with Gasteiger partial charge in [0.1, 0.15) is 0 Å². The SMILES string of the molecule is CCN(C)CCCCOC(=O)OC. The minimum absolute atomic E-state index is 0.449. The number of methoxy groups -OCH3 is 1. The van der Waals surface area contributed by atoms with Crippen LogP contribution < -0.4 is 0 Å². The fourth-order valence-electron chi connectivity index (χ4n) is 0.856. The highest BCUT2D eigenvalue weighted by molar-refractivity contribution is 5.59. The fourth-order valence-corrected chi connectivity index (χ4v) is 0.856. The van der Waals surface area contributed by atoms with E-state index in [2.05, 4.69) is 23.6 Å². The van der Waals surface area contributed by atoms with Crippen molar-refractivity contribution in [3.63, 3.8) is 0 Å². The van der Waals surface area contributed by atoms with E-state index < -0.39 is 6.16 Å². The lowest BCUT2D eigenvalue weighted by atomic mass is 10.3. The summed E-state index contributed by atoms with van der Waals surface area (Å²) in [5, 5.41) is 0. The number of nitrogens with zero attached hydrogens (tertiary/aromatic N) is 1. The van der Waals surface area contributed by atoms with Gasteiger partial charge in [0.25, 0.3) is 0 Å². The molecule has 0 N–H and O–H groups in total. The first-order valence-electron chi connectivity index (χ1n) is 4.60. The molecule has 0 spiro atoms. The van der Waals surface area contributed by atoms with Crippen LogP contribution in [0.2, 0.25) is 0 Å². The van der Waals surface area contributed by atoms with Gasteiger partial charge in [-0.25, -0.2) is 4.79 Å². The molecule has 0 aromatic carbocycles. The lowest BCUT2D eigenvalue weighted by Gasteiger charge is -2.12. The van der Waals surface area contributed by atoms with Crippen molar-refractivity contribution in [1.82, 2.24) is 4.90 Å². The molecule has 13 heavy (non-hydrogen) atoms. The predicted molar refractivity (Wildman–Crippen MR) is 50.8 cm³/mol. The average Bonchev–Trinajstić information content (AvgIpc) is 2.16. The predicted octanol–water partition coefficient (Wildman–Crippen LogP) is 1.50. The second-order valence-electron chi connectivity index (χ2n) is 2.91. The molecule has 0 bridgehead atoms. The van der Waals surface area contributed by atoms with Gasteiger partial charge in [-0.1, -0.05) is 6.92 Å². The number of ether oxygens (including phenoxy) is 2. The molecule has 0 aromatic heterocycles. The summed E-state index contributed by atoms with van der Waals surface area (Å²) in [7, 11) is 3.38. The van der Waals surface area contributed by atoms with Gasteiger partial charge in [0.15, 0.2) is 0 Å². The third-order valence-electron chi connectivity index (χ3n) is 1.86. The third kappa shape index (κ3) is 7.59. The van der Waals surface area contributed by atoms with E-state index in [9.17, 15) is 4.79 Å². The first kappa shape index (κ1) is 12.2. The summed E-state index contributed by atoms with van der Waals surface area (Å²) in [6, 6.07) is 0. The lowest BCUT2D eigenvalue weighted by Crippen LogP contribution is -2.19. The Hall–Kier alpha value is -0.770. The fraction of sp³-hybridized carbons (Fsp3) is 0.889. The molecular formula is C9H19NO3. The summed E-state index contributed by atoms with van der Waals surface area (Å²) < 4.78 is 9.05. The first-order valence-corrected chi connectivity index (χ1v) is 4.60. The number of hydrogen-bond donors (Lipinski definition) is 0. The van der Waals surface area contributed by atoms with E-state index in [1.54, 1.807) is 0 Å². The van der Waals surface area contributed by atoms with Crippen LogP contribution >= 0.6 is 0 Å². The van der Waals surface area contributed by atoms with Gasteiger partial charge in [0.2, 0.25) is 0 Å². The first-order chi connectivity index (χ1) is 6.20. The van der Waals surface area contributed by atoms with Gasteiger partial charge < -0.3 is 14.4 Å². The normalized spacial score (nSPS) is 10.2. The molecule has 0 aliphatic rings. The van der Waals surface area contributed by atoms with E-state index in [-0.39, 0.29) is 0 Å². The number of rotatable bonds is 6. The number of carbonyl (C=O) groups excluding carboxylic acids is 1. The monoisotopic (exact) mass is 189 g/mol. The van der Waals surface area contributed by atoms with Crippen LogP contribution in [0.3, 0.4) is 0 Å². The van der Waals surface area contributed by atoms with Crippen LogP contribution in [0.4, 0.5) is 4.79 Å². The van der Waals surface area contributed by atoms with Crippen molar-refractivity contribution in [1.29, 1.82) is 0 Å². The largest absolute Gasteiger partial charge is 0.507 e. The Balaban J connectivity index is 3.12. The molecule has 0 rings (SSSR count). The van der Waals surface area contributed by atoms with E-state index in [0.29, 0.717) is 6.61 Å². The third-order valence-corrected chi connectivity index (χ3v) is 1.86. The summed E-state index contributed by atoms with van der Waals surface area (Å²) >= 11 is 0. The minimum atomic E-state index is -0.594. The van der Waals surface area contributed by atoms with Crippen molar-refractivity contribution in [3.8, 4) is 0 Å². The highest BCUT2D eigenvalue weighted by Crippen LogP contribution is 1.94. The van der Waals surface area contributed by atoms with Crippen LogP contribution in [0, 0.1) is 0 Å². The van der Waals surface area contributed by atoms with Gasteiger partial charge in [-0.3, -0.25) is 0 Å². The van der Waals surface area contributed by atoms with Gasteiger partial charge in [-0.15, -0.1) is 0 Å². The van der Waals surface area contributed by atoms with E-state index in [4.69, 9.17) is 4.74 Å². The average molecular weight is 189 g/mol. The van der Waals surface area contributed by atoms with E-state index in [1.165, 1.54) is 7.11 Å². The smallest absolute Gasteiger partial charge is 0.438 e. The molecule has 0 aromatic rings. The molecule has 0 saturated carbocycles. The summed E-state index contributed by atoms with van der Waals surface area (Å²) in [6.07, 6.45) is 1.34. The molecule has 0 aliphatic heterocycles. The van der Waals surface area contributed by atoms with Crippen molar-refractivity contribution in [2.75, 3.05) is 33.9 Å². The molecule has 0 heterocycles. The van der Waals surface area contributed by atoms with Crippen LogP contribution in [-0.2, 0) is 9.47 Å². The molecule has 0 fully saturated rings. The zero-order valence-corrected chi connectivity index (χ0v) is 8.71. The van der Waals surface area contributed by atoms with Crippen LogP contribution in [0.15, 0.2) is 0 Å². The summed E-state index contributed by atoms with van der Waals surface area (Å²) in [5.41, 5.74) is 0. The van der Waals surface area contributed by atoms with Gasteiger partial charge in [-0.05, 0) is 33.0 Å². The van der Waals surface area contributed by atoms with Gasteiger partial charge >= 0.3 is 6.16 Å². The quantitative estimate of drug-likeness (QED) is 0.469. The number of hydrogen-bond acceptors (Lipinski definition) is 4. The molecule has 4 heteroatoms. The Bertz CT molecular complexity index is 139.